The molecule has 0 amide bonds. The highest BCUT2D eigenvalue weighted by molar-refractivity contribution is 7.99. The Morgan fingerprint density at radius 1 is 1.35 bits per heavy atom. The highest BCUT2D eigenvalue weighted by atomic mass is 32.2. The fourth-order valence-electron chi connectivity index (χ4n) is 1.83. The normalized spacial score (nSPS) is 10.8. The number of nitrogens with zero attached hydrogens (tertiary/aromatic N) is 5. The largest absolute Gasteiger partial charge is 0.384 e. The Morgan fingerprint density at radius 2 is 2.15 bits per heavy atom. The molecular formula is C12H11N7S. The molecule has 3 aromatic rings. The third-order valence-corrected chi connectivity index (χ3v) is 3.71. The van der Waals surface area contributed by atoms with Crippen LogP contribution in [0, 0.1) is 5.41 Å². The van der Waals surface area contributed by atoms with Gasteiger partial charge in [-0.05, 0) is 34.3 Å². The number of nitrogens with two attached hydrogens (primary N) is 1. The van der Waals surface area contributed by atoms with Gasteiger partial charge in [0, 0.05) is 18.0 Å². The van der Waals surface area contributed by atoms with Crippen LogP contribution in [0.5, 0.6) is 0 Å². The van der Waals surface area contributed by atoms with Gasteiger partial charge >= 0.3 is 0 Å². The third kappa shape index (κ3) is 2.21. The molecule has 2 heterocycles. The van der Waals surface area contributed by atoms with Gasteiger partial charge in [0.15, 0.2) is 0 Å². The summed E-state index contributed by atoms with van der Waals surface area (Å²) in [6.45, 7) is 0. The number of para-hydroxylation sites is 1. The number of tetrazole rings is 1. The van der Waals surface area contributed by atoms with Crippen molar-refractivity contribution in [3.63, 3.8) is 0 Å². The topological polar surface area (TPSA) is 106 Å². The molecule has 0 fully saturated rings. The van der Waals surface area contributed by atoms with Gasteiger partial charge < -0.3 is 5.73 Å². The molecule has 7 nitrogen and oxygen atoms in total. The first-order chi connectivity index (χ1) is 9.65. The smallest absolute Gasteiger partial charge is 0.215 e. The summed E-state index contributed by atoms with van der Waals surface area (Å²) in [5, 5.41) is 21.2. The molecule has 0 saturated heterocycles. The van der Waals surface area contributed by atoms with E-state index < -0.39 is 0 Å². The summed E-state index contributed by atoms with van der Waals surface area (Å²) in [4.78, 5) is 4.54. The number of hydrogen-bond donors (Lipinski definition) is 2. The summed E-state index contributed by atoms with van der Waals surface area (Å²) >= 11 is 1.33. The van der Waals surface area contributed by atoms with Gasteiger partial charge in [0.1, 0.15) is 10.9 Å². The summed E-state index contributed by atoms with van der Waals surface area (Å²) in [5.41, 5.74) is 7.10. The van der Waals surface area contributed by atoms with Crippen LogP contribution in [0.2, 0.25) is 0 Å². The predicted molar refractivity (Wildman–Crippen MR) is 75.7 cm³/mol. The Hall–Kier alpha value is -2.48. The first-order valence-electron chi connectivity index (χ1n) is 5.79. The monoisotopic (exact) mass is 285 g/mol. The van der Waals surface area contributed by atoms with Crippen LogP contribution >= 0.6 is 11.8 Å². The highest BCUT2D eigenvalue weighted by Crippen LogP contribution is 2.27. The van der Waals surface area contributed by atoms with Crippen LogP contribution < -0.4 is 5.73 Å². The van der Waals surface area contributed by atoms with Crippen LogP contribution in [-0.2, 0) is 7.05 Å². The molecule has 1 aromatic carbocycles. The molecule has 3 N–H and O–H groups in total. The maximum Gasteiger partial charge on any atom is 0.215 e. The molecule has 0 aliphatic carbocycles. The van der Waals surface area contributed by atoms with Gasteiger partial charge in [0.25, 0.3) is 0 Å². The van der Waals surface area contributed by atoms with Crippen molar-refractivity contribution in [1.29, 1.82) is 5.41 Å². The van der Waals surface area contributed by atoms with Crippen LogP contribution in [0.3, 0.4) is 0 Å². The zero-order chi connectivity index (χ0) is 14.1. The lowest BCUT2D eigenvalue weighted by atomic mass is 10.1. The lowest BCUT2D eigenvalue weighted by molar-refractivity contribution is 0.664. The number of nitrogen functional groups attached to an aromatic ring is 1. The van der Waals surface area contributed by atoms with Crippen LogP contribution in [0.15, 0.2) is 40.5 Å². The molecular weight excluding hydrogens is 274 g/mol. The molecule has 0 aliphatic heterocycles. The van der Waals surface area contributed by atoms with Crippen molar-refractivity contribution >= 4 is 28.5 Å². The van der Waals surface area contributed by atoms with Gasteiger partial charge in [-0.15, -0.1) is 5.10 Å². The fraction of sp³-hybridized carbons (Fsp3) is 0.0833. The zero-order valence-corrected chi connectivity index (χ0v) is 11.4. The number of amidine groups is 1. The zero-order valence-electron chi connectivity index (χ0n) is 10.6. The SMILES string of the molecule is Cn1nnnc1Sc1cc(C(=N)N)c2ccccc2n1. The lowest BCUT2D eigenvalue weighted by Gasteiger charge is -2.07. The van der Waals surface area contributed by atoms with E-state index in [9.17, 15) is 0 Å². The summed E-state index contributed by atoms with van der Waals surface area (Å²) in [6.07, 6.45) is 0. The first-order valence-corrected chi connectivity index (χ1v) is 6.61. The molecule has 2 aromatic heterocycles. The van der Waals surface area contributed by atoms with E-state index in [1.807, 2.05) is 24.3 Å². The molecule has 0 spiro atoms. The summed E-state index contributed by atoms with van der Waals surface area (Å²) in [5.74, 6) is 0.0153. The van der Waals surface area contributed by atoms with Crippen molar-refractivity contribution < 1.29 is 0 Å². The number of benzene rings is 1. The van der Waals surface area contributed by atoms with Crippen molar-refractivity contribution in [3.05, 3.63) is 35.9 Å². The molecule has 0 unspecified atom stereocenters. The summed E-state index contributed by atoms with van der Waals surface area (Å²) < 4.78 is 1.56. The second-order valence-electron chi connectivity index (χ2n) is 4.13. The maximum absolute atomic E-state index is 7.70. The number of aryl methyl sites for hydroxylation is 1. The molecule has 0 radical (unpaired) electrons. The third-order valence-electron chi connectivity index (χ3n) is 2.76. The lowest BCUT2D eigenvalue weighted by Crippen LogP contribution is -2.12. The van der Waals surface area contributed by atoms with Crippen LogP contribution in [-0.4, -0.2) is 31.0 Å². The molecule has 0 saturated carbocycles. The van der Waals surface area contributed by atoms with E-state index in [1.165, 1.54) is 11.8 Å². The van der Waals surface area contributed by atoms with Gasteiger partial charge in [-0.2, -0.15) is 0 Å². The minimum atomic E-state index is 0.0153. The first kappa shape index (κ1) is 12.5. The standard InChI is InChI=1S/C12H11N7S/c1-19-12(16-17-18-19)20-10-6-8(11(13)14)7-4-2-3-5-9(7)15-10/h2-6H,1H3,(H3,13,14). The molecule has 0 aliphatic rings. The molecule has 0 bridgehead atoms. The van der Waals surface area contributed by atoms with Crippen LogP contribution in [0.4, 0.5) is 0 Å². The average Bonchev–Trinajstić information content (AvgIpc) is 2.83. The van der Waals surface area contributed by atoms with E-state index in [2.05, 4.69) is 20.5 Å². The van der Waals surface area contributed by atoms with E-state index in [1.54, 1.807) is 17.8 Å². The van der Waals surface area contributed by atoms with Crippen molar-refractivity contribution in [3.8, 4) is 0 Å². The number of fused-ring (bicyclic) bond motifs is 1. The van der Waals surface area contributed by atoms with E-state index in [4.69, 9.17) is 11.1 Å². The Kier molecular flexibility index (Phi) is 3.07. The van der Waals surface area contributed by atoms with Gasteiger partial charge in [-0.3, -0.25) is 5.41 Å². The van der Waals surface area contributed by atoms with Crippen molar-refractivity contribution in [1.82, 2.24) is 25.2 Å². The van der Waals surface area contributed by atoms with Gasteiger partial charge in [0.2, 0.25) is 5.16 Å². The highest BCUT2D eigenvalue weighted by Gasteiger charge is 2.11. The summed E-state index contributed by atoms with van der Waals surface area (Å²) in [6, 6.07) is 9.37. The molecule has 3 rings (SSSR count). The van der Waals surface area contributed by atoms with Gasteiger partial charge in [0.05, 0.1) is 5.52 Å². The van der Waals surface area contributed by atoms with Gasteiger partial charge in [-0.1, -0.05) is 18.2 Å². The van der Waals surface area contributed by atoms with E-state index >= 15 is 0 Å². The molecule has 0 atom stereocenters. The second-order valence-corrected chi connectivity index (χ2v) is 5.11. The average molecular weight is 285 g/mol. The van der Waals surface area contributed by atoms with Crippen molar-refractivity contribution in [2.45, 2.75) is 10.2 Å². The number of pyridine rings is 1. The number of aromatic nitrogens is 5. The van der Waals surface area contributed by atoms with E-state index in [-0.39, 0.29) is 5.84 Å². The van der Waals surface area contributed by atoms with Crippen molar-refractivity contribution in [2.75, 3.05) is 0 Å². The number of rotatable bonds is 3. The predicted octanol–water partition coefficient (Wildman–Crippen LogP) is 1.19. The number of nitrogens with one attached hydrogen (secondary N) is 1. The molecule has 20 heavy (non-hydrogen) atoms. The van der Waals surface area contributed by atoms with E-state index in [0.29, 0.717) is 15.7 Å². The molecule has 8 heteroatoms. The maximum atomic E-state index is 7.70. The number of hydrogen-bond acceptors (Lipinski definition) is 6. The Labute approximate surface area is 118 Å². The van der Waals surface area contributed by atoms with Gasteiger partial charge in [-0.25, -0.2) is 9.67 Å². The minimum absolute atomic E-state index is 0.0153. The summed E-state index contributed by atoms with van der Waals surface area (Å²) in [7, 11) is 1.76. The van der Waals surface area contributed by atoms with Crippen LogP contribution in [0.25, 0.3) is 10.9 Å². The Balaban J connectivity index is 2.12. The Bertz CT molecular complexity index is 795. The Morgan fingerprint density at radius 3 is 2.85 bits per heavy atom. The van der Waals surface area contributed by atoms with E-state index in [0.717, 1.165) is 10.9 Å². The van der Waals surface area contributed by atoms with Crippen LogP contribution in [0.1, 0.15) is 5.56 Å². The second kappa shape index (κ2) is 4.89. The minimum Gasteiger partial charge on any atom is -0.384 e. The molecule has 100 valence electrons. The quantitative estimate of drug-likeness (QED) is 0.553. The fourth-order valence-corrected chi connectivity index (χ4v) is 2.58. The van der Waals surface area contributed by atoms with Crippen molar-refractivity contribution in [2.24, 2.45) is 12.8 Å².